The lowest BCUT2D eigenvalue weighted by atomic mass is 10.1. The van der Waals surface area contributed by atoms with E-state index >= 15 is 0 Å². The number of nitrogens with zero attached hydrogens (tertiary/aromatic N) is 3. The summed E-state index contributed by atoms with van der Waals surface area (Å²) in [6, 6.07) is 12.9. The molecule has 2 heterocycles. The highest BCUT2D eigenvalue weighted by Crippen LogP contribution is 2.26. The molecule has 4 rings (SSSR count). The molecule has 2 aromatic carbocycles. The molecule has 0 atom stereocenters. The minimum absolute atomic E-state index is 0.0593. The number of aryl methyl sites for hydroxylation is 1. The van der Waals surface area contributed by atoms with Gasteiger partial charge in [0, 0.05) is 41.6 Å². The van der Waals surface area contributed by atoms with Crippen LogP contribution in [0.4, 0.5) is 8.78 Å². The van der Waals surface area contributed by atoms with Crippen LogP contribution in [-0.4, -0.2) is 47.0 Å². The van der Waals surface area contributed by atoms with Crippen molar-refractivity contribution >= 4 is 27.3 Å². The Hall–Kier alpha value is -3.63. The molecule has 0 unspecified atom stereocenters. The Morgan fingerprint density at radius 2 is 1.84 bits per heavy atom. The molecule has 0 spiro atoms. The number of carbonyl (C=O) groups excluding carboxylic acids is 1. The van der Waals surface area contributed by atoms with E-state index in [1.165, 1.54) is 54.4 Å². The number of hydrogen-bond acceptors (Lipinski definition) is 5. The van der Waals surface area contributed by atoms with Crippen molar-refractivity contribution in [2.45, 2.75) is 24.9 Å². The van der Waals surface area contributed by atoms with Crippen molar-refractivity contribution in [2.24, 2.45) is 0 Å². The average molecular weight is 545 g/mol. The summed E-state index contributed by atoms with van der Waals surface area (Å²) in [6.07, 6.45) is 1.41. The molecule has 7 nitrogen and oxygen atoms in total. The van der Waals surface area contributed by atoms with Crippen LogP contribution in [0.2, 0.25) is 5.02 Å². The number of carbonyl (C=O) groups is 1. The number of aromatic amines is 1. The second-order valence-electron chi connectivity index (χ2n) is 8.51. The molecule has 1 amide bonds. The number of imidazole rings is 1. The van der Waals surface area contributed by atoms with Crippen LogP contribution in [-0.2, 0) is 22.8 Å². The molecule has 0 saturated heterocycles. The third kappa shape index (κ3) is 6.03. The fraction of sp³-hybridized carbons (Fsp3) is 0.192. The van der Waals surface area contributed by atoms with Gasteiger partial charge in [-0.25, -0.2) is 22.2 Å². The molecule has 11 heteroatoms. The highest BCUT2D eigenvalue weighted by atomic mass is 35.5. The van der Waals surface area contributed by atoms with Gasteiger partial charge in [0.25, 0.3) is 5.91 Å². The zero-order valence-corrected chi connectivity index (χ0v) is 21.6. The molecule has 0 fully saturated rings. The first-order valence-corrected chi connectivity index (χ1v) is 13.3. The van der Waals surface area contributed by atoms with Crippen LogP contribution in [0.3, 0.4) is 0 Å². The molecule has 0 saturated carbocycles. The van der Waals surface area contributed by atoms with E-state index < -0.39 is 38.2 Å². The number of sulfone groups is 1. The van der Waals surface area contributed by atoms with Gasteiger partial charge < -0.3 is 9.88 Å². The van der Waals surface area contributed by atoms with Gasteiger partial charge in [0.2, 0.25) is 0 Å². The maximum Gasteiger partial charge on any atom is 0.275 e. The molecular weight excluding hydrogens is 522 g/mol. The van der Waals surface area contributed by atoms with Crippen molar-refractivity contribution < 1.29 is 22.0 Å². The van der Waals surface area contributed by atoms with Gasteiger partial charge in [-0.3, -0.25) is 9.78 Å². The Labute approximate surface area is 218 Å². The highest BCUT2D eigenvalue weighted by Gasteiger charge is 2.30. The number of pyridine rings is 1. The van der Waals surface area contributed by atoms with Gasteiger partial charge in [-0.1, -0.05) is 17.7 Å². The zero-order chi connectivity index (χ0) is 26.7. The van der Waals surface area contributed by atoms with Crippen molar-refractivity contribution in [3.8, 4) is 11.4 Å². The number of aromatic nitrogens is 3. The van der Waals surface area contributed by atoms with Crippen LogP contribution in [0.15, 0.2) is 65.8 Å². The fourth-order valence-corrected chi connectivity index (χ4v) is 5.42. The third-order valence-electron chi connectivity index (χ3n) is 5.71. The van der Waals surface area contributed by atoms with E-state index in [4.69, 9.17) is 11.6 Å². The Balaban J connectivity index is 1.70. The number of hydrogen-bond donors (Lipinski definition) is 1. The Bertz CT molecular complexity index is 1540. The monoisotopic (exact) mass is 544 g/mol. The van der Waals surface area contributed by atoms with Crippen LogP contribution >= 0.6 is 11.6 Å². The average Bonchev–Trinajstić information content (AvgIpc) is 3.30. The molecule has 37 heavy (non-hydrogen) atoms. The van der Waals surface area contributed by atoms with Gasteiger partial charge in [0.1, 0.15) is 17.5 Å². The van der Waals surface area contributed by atoms with E-state index in [1.54, 1.807) is 12.3 Å². The largest absolute Gasteiger partial charge is 0.336 e. The van der Waals surface area contributed by atoms with Crippen LogP contribution < -0.4 is 0 Å². The van der Waals surface area contributed by atoms with Gasteiger partial charge in [0.15, 0.2) is 20.6 Å². The summed E-state index contributed by atoms with van der Waals surface area (Å²) in [5.41, 5.74) is 1.71. The predicted molar refractivity (Wildman–Crippen MR) is 136 cm³/mol. The van der Waals surface area contributed by atoms with E-state index in [-0.39, 0.29) is 35.1 Å². The van der Waals surface area contributed by atoms with Crippen LogP contribution in [0, 0.1) is 18.6 Å². The first kappa shape index (κ1) is 26.4. The molecule has 1 N–H and O–H groups in total. The SMILES string of the molecule is Cc1cc(CN(C)C(=O)c2nc(-c3ccc(F)cc3)[nH]c2S(=O)(=O)CCc2c(F)cccc2Cl)ccn1. The fourth-order valence-electron chi connectivity index (χ4n) is 3.81. The lowest BCUT2D eigenvalue weighted by Gasteiger charge is -2.17. The standard InChI is InChI=1S/C26H23ClF2N4O3S/c1-16-14-17(10-12-30-16)15-33(2)26(34)23-25(32-24(31-23)18-6-8-19(28)9-7-18)37(35,36)13-11-20-21(27)4-3-5-22(20)29/h3-10,12,14H,11,13,15H2,1-2H3,(H,31,32). The Kier molecular flexibility index (Phi) is 7.70. The molecule has 192 valence electrons. The number of benzene rings is 2. The van der Waals surface area contributed by atoms with E-state index in [9.17, 15) is 22.0 Å². The molecule has 4 aromatic rings. The summed E-state index contributed by atoms with van der Waals surface area (Å²) in [5, 5.41) is -0.294. The van der Waals surface area contributed by atoms with Gasteiger partial charge in [-0.05, 0) is 67.4 Å². The van der Waals surface area contributed by atoms with Crippen LogP contribution in [0.25, 0.3) is 11.4 Å². The summed E-state index contributed by atoms with van der Waals surface area (Å²) in [5.74, 6) is -2.18. The van der Waals surface area contributed by atoms with E-state index in [0.717, 1.165) is 11.3 Å². The second kappa shape index (κ2) is 10.8. The summed E-state index contributed by atoms with van der Waals surface area (Å²) in [6.45, 7) is 2.01. The topological polar surface area (TPSA) is 96.0 Å². The lowest BCUT2D eigenvalue weighted by Crippen LogP contribution is -2.28. The molecule has 2 aromatic heterocycles. The predicted octanol–water partition coefficient (Wildman–Crippen LogP) is 5.00. The Morgan fingerprint density at radius 3 is 2.51 bits per heavy atom. The smallest absolute Gasteiger partial charge is 0.275 e. The Morgan fingerprint density at radius 1 is 1.11 bits per heavy atom. The molecule has 0 aliphatic carbocycles. The summed E-state index contributed by atoms with van der Waals surface area (Å²) >= 11 is 6.06. The van der Waals surface area contributed by atoms with E-state index in [2.05, 4.69) is 15.0 Å². The van der Waals surface area contributed by atoms with Gasteiger partial charge in [-0.2, -0.15) is 0 Å². The van der Waals surface area contributed by atoms with E-state index in [0.29, 0.717) is 5.56 Å². The molecule has 0 aliphatic rings. The third-order valence-corrected chi connectivity index (χ3v) is 7.72. The summed E-state index contributed by atoms with van der Waals surface area (Å²) in [7, 11) is -2.62. The first-order valence-electron chi connectivity index (χ1n) is 11.2. The lowest BCUT2D eigenvalue weighted by molar-refractivity contribution is 0.0775. The number of H-pyrrole nitrogens is 1. The van der Waals surface area contributed by atoms with Crippen LogP contribution in [0.5, 0.6) is 0 Å². The minimum Gasteiger partial charge on any atom is -0.336 e. The van der Waals surface area contributed by atoms with Crippen molar-refractivity contribution in [1.82, 2.24) is 19.9 Å². The quantitative estimate of drug-likeness (QED) is 0.337. The van der Waals surface area contributed by atoms with E-state index in [1.807, 2.05) is 13.0 Å². The normalized spacial score (nSPS) is 11.5. The second-order valence-corrected chi connectivity index (χ2v) is 11.0. The maximum absolute atomic E-state index is 14.2. The molecular formula is C26H23ClF2N4O3S. The number of amides is 1. The number of rotatable bonds is 8. The molecule has 0 aliphatic heterocycles. The molecule has 0 bridgehead atoms. The number of halogens is 3. The zero-order valence-electron chi connectivity index (χ0n) is 20.0. The van der Waals surface area contributed by atoms with Crippen molar-refractivity contribution in [3.05, 3.63) is 100.0 Å². The van der Waals surface area contributed by atoms with Gasteiger partial charge in [-0.15, -0.1) is 0 Å². The summed E-state index contributed by atoms with van der Waals surface area (Å²) in [4.78, 5) is 25.9. The highest BCUT2D eigenvalue weighted by molar-refractivity contribution is 7.91. The van der Waals surface area contributed by atoms with Crippen LogP contribution in [0.1, 0.15) is 27.3 Å². The maximum atomic E-state index is 14.2. The van der Waals surface area contributed by atoms with Crippen molar-refractivity contribution in [1.29, 1.82) is 0 Å². The van der Waals surface area contributed by atoms with Crippen molar-refractivity contribution in [2.75, 3.05) is 12.8 Å². The first-order chi connectivity index (χ1) is 17.5. The van der Waals surface area contributed by atoms with Crippen molar-refractivity contribution in [3.63, 3.8) is 0 Å². The minimum atomic E-state index is -4.15. The molecule has 0 radical (unpaired) electrons. The van der Waals surface area contributed by atoms with Gasteiger partial charge >= 0.3 is 0 Å². The number of nitrogens with one attached hydrogen (secondary N) is 1. The summed E-state index contributed by atoms with van der Waals surface area (Å²) < 4.78 is 54.5. The van der Waals surface area contributed by atoms with Gasteiger partial charge in [0.05, 0.1) is 5.75 Å².